The van der Waals surface area contributed by atoms with Gasteiger partial charge in [-0.1, -0.05) is 0 Å². The lowest BCUT2D eigenvalue weighted by molar-refractivity contribution is -0.140. The number of ether oxygens (including phenoxy) is 1. The van der Waals surface area contributed by atoms with Gasteiger partial charge in [0, 0.05) is 43.3 Å². The largest absolute Gasteiger partial charge is 0.494 e. The van der Waals surface area contributed by atoms with Crippen LogP contribution in [0.3, 0.4) is 0 Å². The number of oxazole rings is 1. The number of rotatable bonds is 5. The number of hydrogen-bond donors (Lipinski definition) is 2. The third-order valence-electron chi connectivity index (χ3n) is 6.33. The molecule has 0 spiro atoms. The highest BCUT2D eigenvalue weighted by Crippen LogP contribution is 2.37. The second-order valence-electron chi connectivity index (χ2n) is 8.57. The average Bonchev–Trinajstić information content (AvgIpc) is 3.61. The quantitative estimate of drug-likeness (QED) is 0.406. The van der Waals surface area contributed by atoms with Crippen LogP contribution in [0.25, 0.3) is 22.4 Å². The topological polar surface area (TPSA) is 131 Å². The summed E-state index contributed by atoms with van der Waals surface area (Å²) in [5, 5.41) is 0.303. The third kappa shape index (κ3) is 4.56. The summed E-state index contributed by atoms with van der Waals surface area (Å²) in [7, 11) is 1.33. The third-order valence-corrected chi connectivity index (χ3v) is 6.33. The molecule has 0 unspecified atom stereocenters. The van der Waals surface area contributed by atoms with E-state index >= 15 is 0 Å². The lowest BCUT2D eigenvalue weighted by atomic mass is 10.1. The Labute approximate surface area is 214 Å². The van der Waals surface area contributed by atoms with Crippen molar-refractivity contribution < 1.29 is 31.9 Å². The van der Waals surface area contributed by atoms with Crippen LogP contribution in [0.2, 0.25) is 0 Å². The van der Waals surface area contributed by atoms with Crippen molar-refractivity contribution in [1.29, 1.82) is 0 Å². The number of aromatic nitrogens is 3. The Bertz CT molecular complexity index is 1490. The Hall–Kier alpha value is -4.39. The number of carbonyl (C=O) groups excluding carboxylic acids is 2. The van der Waals surface area contributed by atoms with Gasteiger partial charge in [-0.05, 0) is 36.4 Å². The van der Waals surface area contributed by atoms with Gasteiger partial charge in [0.15, 0.2) is 11.5 Å². The van der Waals surface area contributed by atoms with Gasteiger partial charge in [0.1, 0.15) is 22.7 Å². The van der Waals surface area contributed by atoms with Gasteiger partial charge in [-0.15, -0.1) is 0 Å². The number of piperazine rings is 1. The predicted octanol–water partition coefficient (Wildman–Crippen LogP) is 3.30. The lowest BCUT2D eigenvalue weighted by Gasteiger charge is -2.34. The van der Waals surface area contributed by atoms with E-state index in [2.05, 4.69) is 15.0 Å². The maximum absolute atomic E-state index is 13.3. The molecule has 2 amide bonds. The van der Waals surface area contributed by atoms with Gasteiger partial charge in [0.05, 0.1) is 13.7 Å². The van der Waals surface area contributed by atoms with E-state index in [0.29, 0.717) is 29.7 Å². The standard InChI is InChI=1S/C25H23F3N6O4/c1-37-17-6-4-15(14-5-7-19(25(26,27)28)31-20(14)17)22-32-21(18(13-29)38-22)24(36)34-11-9-33(10-12-34)23(35)16-3-2-8-30-16/h2-8,30H,9-13,29H2,1H3. The molecule has 3 aromatic heterocycles. The number of pyridine rings is 1. The fourth-order valence-corrected chi connectivity index (χ4v) is 4.37. The van der Waals surface area contributed by atoms with Crippen LogP contribution in [0.5, 0.6) is 5.75 Å². The summed E-state index contributed by atoms with van der Waals surface area (Å²) in [4.78, 5) is 40.1. The number of nitrogens with one attached hydrogen (secondary N) is 1. The van der Waals surface area contributed by atoms with Crippen LogP contribution < -0.4 is 10.5 Å². The van der Waals surface area contributed by atoms with Gasteiger partial charge in [-0.3, -0.25) is 9.59 Å². The molecule has 3 N–H and O–H groups in total. The van der Waals surface area contributed by atoms with E-state index in [1.807, 2.05) is 0 Å². The number of nitrogens with zero attached hydrogens (tertiary/aromatic N) is 4. The highest BCUT2D eigenvalue weighted by atomic mass is 19.4. The van der Waals surface area contributed by atoms with Gasteiger partial charge in [0.2, 0.25) is 5.89 Å². The lowest BCUT2D eigenvalue weighted by Crippen LogP contribution is -2.50. The Morgan fingerprint density at radius 1 is 1.05 bits per heavy atom. The summed E-state index contributed by atoms with van der Waals surface area (Å²) >= 11 is 0. The number of benzene rings is 1. The number of alkyl halides is 3. The second-order valence-corrected chi connectivity index (χ2v) is 8.57. The minimum atomic E-state index is -4.64. The van der Waals surface area contributed by atoms with E-state index < -0.39 is 17.8 Å². The SMILES string of the molecule is COc1ccc(-c2nc(C(=O)N3CCN(C(=O)c4ccc[nH]4)CC3)c(CN)o2)c2ccc(C(F)(F)F)nc12. The molecule has 1 aliphatic rings. The molecular formula is C25H23F3N6O4. The van der Waals surface area contributed by atoms with E-state index in [1.54, 1.807) is 34.2 Å². The van der Waals surface area contributed by atoms with Crippen LogP contribution in [-0.2, 0) is 12.7 Å². The van der Waals surface area contributed by atoms with E-state index in [-0.39, 0.29) is 54.2 Å². The summed E-state index contributed by atoms with van der Waals surface area (Å²) in [5.74, 6) is -0.268. The van der Waals surface area contributed by atoms with Crippen molar-refractivity contribution in [2.24, 2.45) is 5.73 Å². The number of hydrogen-bond acceptors (Lipinski definition) is 7. The molecule has 10 nitrogen and oxygen atoms in total. The molecule has 0 atom stereocenters. The van der Waals surface area contributed by atoms with Gasteiger partial charge >= 0.3 is 6.18 Å². The smallest absolute Gasteiger partial charge is 0.433 e. The molecule has 13 heteroatoms. The number of methoxy groups -OCH3 is 1. The van der Waals surface area contributed by atoms with Gasteiger partial charge in [0.25, 0.3) is 11.8 Å². The van der Waals surface area contributed by atoms with Gasteiger partial charge in [-0.2, -0.15) is 13.2 Å². The zero-order valence-corrected chi connectivity index (χ0v) is 20.2. The van der Waals surface area contributed by atoms with Crippen molar-refractivity contribution in [1.82, 2.24) is 24.8 Å². The molecule has 1 aliphatic heterocycles. The number of amides is 2. The highest BCUT2D eigenvalue weighted by Gasteiger charge is 2.34. The normalized spacial score (nSPS) is 14.2. The van der Waals surface area contributed by atoms with Crippen LogP contribution in [-0.4, -0.2) is 69.9 Å². The summed E-state index contributed by atoms with van der Waals surface area (Å²) in [6.45, 7) is 1.12. The van der Waals surface area contributed by atoms with Crippen LogP contribution >= 0.6 is 0 Å². The van der Waals surface area contributed by atoms with E-state index in [4.69, 9.17) is 14.9 Å². The monoisotopic (exact) mass is 528 g/mol. The molecule has 0 aliphatic carbocycles. The maximum Gasteiger partial charge on any atom is 0.433 e. The van der Waals surface area contributed by atoms with Gasteiger partial charge < -0.3 is 29.7 Å². The number of aromatic amines is 1. The van der Waals surface area contributed by atoms with Crippen LogP contribution in [0, 0.1) is 0 Å². The first-order valence-corrected chi connectivity index (χ1v) is 11.7. The minimum Gasteiger partial charge on any atom is -0.494 e. The molecule has 1 fully saturated rings. The van der Waals surface area contributed by atoms with E-state index in [1.165, 1.54) is 19.2 Å². The van der Waals surface area contributed by atoms with Crippen molar-refractivity contribution in [3.8, 4) is 17.2 Å². The van der Waals surface area contributed by atoms with Crippen molar-refractivity contribution in [2.75, 3.05) is 33.3 Å². The molecule has 0 saturated carbocycles. The van der Waals surface area contributed by atoms with Crippen molar-refractivity contribution >= 4 is 22.7 Å². The highest BCUT2D eigenvalue weighted by molar-refractivity contribution is 5.98. The maximum atomic E-state index is 13.3. The second kappa shape index (κ2) is 9.82. The van der Waals surface area contributed by atoms with Crippen LogP contribution in [0.1, 0.15) is 32.4 Å². The number of halogens is 3. The Morgan fingerprint density at radius 2 is 1.76 bits per heavy atom. The Kier molecular flexibility index (Phi) is 6.53. The average molecular weight is 528 g/mol. The van der Waals surface area contributed by atoms with E-state index in [9.17, 15) is 22.8 Å². The Balaban J connectivity index is 1.43. The molecule has 5 rings (SSSR count). The predicted molar refractivity (Wildman–Crippen MR) is 129 cm³/mol. The molecule has 0 bridgehead atoms. The zero-order chi connectivity index (χ0) is 27.0. The first-order chi connectivity index (χ1) is 18.2. The molecule has 1 saturated heterocycles. The number of carbonyl (C=O) groups is 2. The molecule has 0 radical (unpaired) electrons. The minimum absolute atomic E-state index is 0.00971. The zero-order valence-electron chi connectivity index (χ0n) is 20.2. The van der Waals surface area contributed by atoms with Crippen LogP contribution in [0.4, 0.5) is 13.2 Å². The molecule has 4 heterocycles. The Morgan fingerprint density at radius 3 is 2.37 bits per heavy atom. The summed E-state index contributed by atoms with van der Waals surface area (Å²) in [6.07, 6.45) is -2.97. The van der Waals surface area contributed by atoms with Gasteiger partial charge in [-0.25, -0.2) is 9.97 Å². The fourth-order valence-electron chi connectivity index (χ4n) is 4.37. The number of H-pyrrole nitrogens is 1. The molecule has 38 heavy (non-hydrogen) atoms. The van der Waals surface area contributed by atoms with E-state index in [0.717, 1.165) is 6.07 Å². The number of fused-ring (bicyclic) bond motifs is 1. The summed E-state index contributed by atoms with van der Waals surface area (Å²) < 4.78 is 50.8. The molecule has 198 valence electrons. The van der Waals surface area contributed by atoms with Crippen molar-refractivity contribution in [3.63, 3.8) is 0 Å². The number of nitrogens with two attached hydrogens (primary N) is 1. The fraction of sp³-hybridized carbons (Fsp3) is 0.280. The molecule has 1 aromatic carbocycles. The summed E-state index contributed by atoms with van der Waals surface area (Å²) in [5.41, 5.74) is 5.55. The summed E-state index contributed by atoms with van der Waals surface area (Å²) in [6, 6.07) is 8.57. The van der Waals surface area contributed by atoms with Crippen LogP contribution in [0.15, 0.2) is 47.0 Å². The van der Waals surface area contributed by atoms with Crippen molar-refractivity contribution in [2.45, 2.75) is 12.7 Å². The molecule has 4 aromatic rings. The first-order valence-electron chi connectivity index (χ1n) is 11.7. The van der Waals surface area contributed by atoms with Crippen molar-refractivity contribution in [3.05, 3.63) is 65.4 Å². The molecular weight excluding hydrogens is 505 g/mol. The first kappa shape index (κ1) is 25.3.